The van der Waals surface area contributed by atoms with Gasteiger partial charge in [0.25, 0.3) is 0 Å². The van der Waals surface area contributed by atoms with E-state index < -0.39 is 0 Å². The van der Waals surface area contributed by atoms with Crippen molar-refractivity contribution in [3.05, 3.63) is 54.7 Å². The van der Waals surface area contributed by atoms with Crippen molar-refractivity contribution in [2.75, 3.05) is 0 Å². The first kappa shape index (κ1) is 11.2. The van der Waals surface area contributed by atoms with Gasteiger partial charge in [0.1, 0.15) is 0 Å². The third-order valence-electron chi connectivity index (χ3n) is 5.46. The zero-order chi connectivity index (χ0) is 15.4. The van der Waals surface area contributed by atoms with Gasteiger partial charge in [0.15, 0.2) is 5.65 Å². The van der Waals surface area contributed by atoms with Gasteiger partial charge >= 0.3 is 0 Å². The van der Waals surface area contributed by atoms with Crippen LogP contribution in [0.5, 0.6) is 0 Å². The van der Waals surface area contributed by atoms with E-state index in [1.807, 2.05) is 6.20 Å². The SMILES string of the molecule is c1cc2ccc3cnc4nnc5ccc6ccc1c1c2c3c4c5c61. The van der Waals surface area contributed by atoms with Crippen LogP contribution in [0.1, 0.15) is 0 Å². The maximum atomic E-state index is 4.57. The van der Waals surface area contributed by atoms with E-state index in [-0.39, 0.29) is 0 Å². The molecule has 0 fully saturated rings. The number of benzene rings is 5. The fraction of sp³-hybridized carbons (Fsp3) is 0. The first-order valence-corrected chi connectivity index (χ1v) is 8.06. The van der Waals surface area contributed by atoms with Gasteiger partial charge in [0.2, 0.25) is 0 Å². The predicted octanol–water partition coefficient (Wildman–Crippen LogP) is 5.10. The number of nitrogens with zero attached hydrogens (tertiary/aromatic N) is 3. The lowest BCUT2D eigenvalue weighted by Crippen LogP contribution is -1.97. The molecule has 0 N–H and O–H groups in total. The highest BCUT2D eigenvalue weighted by atomic mass is 15.1. The van der Waals surface area contributed by atoms with Gasteiger partial charge in [-0.25, -0.2) is 4.98 Å². The second-order valence-electron chi connectivity index (χ2n) is 6.57. The minimum atomic E-state index is 0.738. The molecule has 2 heterocycles. The van der Waals surface area contributed by atoms with Crippen molar-refractivity contribution in [2.45, 2.75) is 0 Å². The Hall–Kier alpha value is -3.33. The smallest absolute Gasteiger partial charge is 0.183 e. The first-order valence-electron chi connectivity index (χ1n) is 8.06. The molecule has 0 saturated carbocycles. The molecule has 0 aliphatic heterocycles. The summed E-state index contributed by atoms with van der Waals surface area (Å²) in [4.78, 5) is 4.57. The van der Waals surface area contributed by atoms with E-state index in [1.165, 1.54) is 48.5 Å². The molecule has 0 bridgehead atoms. The average Bonchev–Trinajstić information content (AvgIpc) is 2.65. The molecule has 0 radical (unpaired) electrons. The van der Waals surface area contributed by atoms with Gasteiger partial charge in [-0.05, 0) is 33.0 Å². The Morgan fingerprint density at radius 2 is 1.00 bits per heavy atom. The molecule has 0 amide bonds. The highest BCUT2D eigenvalue weighted by Crippen LogP contribution is 2.46. The van der Waals surface area contributed by atoms with E-state index in [9.17, 15) is 0 Å². The summed E-state index contributed by atoms with van der Waals surface area (Å²) in [6.45, 7) is 0. The highest BCUT2D eigenvalue weighted by Gasteiger charge is 2.21. The molecule has 5 aromatic carbocycles. The summed E-state index contributed by atoms with van der Waals surface area (Å²) in [6, 6.07) is 17.4. The van der Waals surface area contributed by atoms with Crippen LogP contribution in [0.2, 0.25) is 0 Å². The van der Waals surface area contributed by atoms with Gasteiger partial charge in [0, 0.05) is 33.1 Å². The summed E-state index contributed by atoms with van der Waals surface area (Å²) in [5, 5.41) is 21.4. The van der Waals surface area contributed by atoms with Crippen LogP contribution in [0, 0.1) is 0 Å². The van der Waals surface area contributed by atoms with E-state index in [0.29, 0.717) is 0 Å². The second kappa shape index (κ2) is 3.44. The lowest BCUT2D eigenvalue weighted by molar-refractivity contribution is 1.10. The summed E-state index contributed by atoms with van der Waals surface area (Å²) >= 11 is 0. The van der Waals surface area contributed by atoms with Crippen molar-refractivity contribution in [1.82, 2.24) is 15.2 Å². The van der Waals surface area contributed by atoms with Crippen molar-refractivity contribution in [3.63, 3.8) is 0 Å². The van der Waals surface area contributed by atoms with Gasteiger partial charge < -0.3 is 0 Å². The van der Waals surface area contributed by atoms with Crippen LogP contribution in [-0.4, -0.2) is 15.2 Å². The number of pyridine rings is 1. The summed E-state index contributed by atoms with van der Waals surface area (Å²) in [5.41, 5.74) is 1.69. The minimum absolute atomic E-state index is 0.738. The molecular weight excluding hydrogens is 294 g/mol. The van der Waals surface area contributed by atoms with Crippen LogP contribution in [0.25, 0.3) is 65.0 Å². The van der Waals surface area contributed by atoms with E-state index in [2.05, 4.69) is 63.7 Å². The van der Waals surface area contributed by atoms with Crippen molar-refractivity contribution in [1.29, 1.82) is 0 Å². The molecule has 0 spiro atoms. The van der Waals surface area contributed by atoms with Crippen molar-refractivity contribution >= 4 is 65.0 Å². The largest absolute Gasteiger partial charge is 0.234 e. The number of hydrogen-bond donors (Lipinski definition) is 0. The Balaban J connectivity index is 2.11. The summed E-state index contributed by atoms with van der Waals surface area (Å²) in [7, 11) is 0. The fourth-order valence-corrected chi connectivity index (χ4v) is 4.49. The molecule has 0 saturated heterocycles. The Morgan fingerprint density at radius 1 is 0.458 bits per heavy atom. The molecule has 2 aromatic heterocycles. The summed E-state index contributed by atoms with van der Waals surface area (Å²) in [5.74, 6) is 0. The number of rotatable bonds is 0. The standard InChI is InChI=1S/C21H9N3/c1-2-11-5-6-13-9-22-21-20-18(13)16(11)15-10(1)3-4-12-7-8-14(23-24-21)19(20)17(12)15/h1-9H. The van der Waals surface area contributed by atoms with E-state index >= 15 is 0 Å². The Labute approximate surface area is 135 Å². The Kier molecular flexibility index (Phi) is 1.61. The van der Waals surface area contributed by atoms with E-state index in [0.717, 1.165) is 16.6 Å². The van der Waals surface area contributed by atoms with Crippen molar-refractivity contribution in [3.8, 4) is 0 Å². The monoisotopic (exact) mass is 303 g/mol. The Morgan fingerprint density at radius 3 is 1.71 bits per heavy atom. The third kappa shape index (κ3) is 1.05. The van der Waals surface area contributed by atoms with Gasteiger partial charge in [-0.15, -0.1) is 10.2 Å². The maximum Gasteiger partial charge on any atom is 0.183 e. The van der Waals surface area contributed by atoms with Gasteiger partial charge in [-0.1, -0.05) is 42.5 Å². The average molecular weight is 303 g/mol. The maximum absolute atomic E-state index is 4.57. The van der Waals surface area contributed by atoms with Crippen LogP contribution in [0.15, 0.2) is 54.7 Å². The third-order valence-corrected chi connectivity index (χ3v) is 5.46. The summed E-state index contributed by atoms with van der Waals surface area (Å²) in [6.07, 6.45) is 1.92. The van der Waals surface area contributed by atoms with E-state index in [4.69, 9.17) is 0 Å². The quantitative estimate of drug-likeness (QED) is 0.289. The molecule has 0 atom stereocenters. The zero-order valence-corrected chi connectivity index (χ0v) is 12.5. The normalized spacial score (nSPS) is 13.0. The molecule has 0 aliphatic carbocycles. The molecule has 3 nitrogen and oxygen atoms in total. The van der Waals surface area contributed by atoms with Crippen LogP contribution in [0.4, 0.5) is 0 Å². The molecule has 7 rings (SSSR count). The predicted molar refractivity (Wildman–Crippen MR) is 98.4 cm³/mol. The molecule has 108 valence electrons. The number of hydrogen-bond acceptors (Lipinski definition) is 3. The molecular formula is C21H9N3. The first-order chi connectivity index (χ1) is 11.9. The van der Waals surface area contributed by atoms with Crippen LogP contribution in [0.3, 0.4) is 0 Å². The summed E-state index contributed by atoms with van der Waals surface area (Å²) < 4.78 is 0. The topological polar surface area (TPSA) is 38.7 Å². The molecule has 3 heteroatoms. The van der Waals surface area contributed by atoms with Crippen molar-refractivity contribution in [2.24, 2.45) is 0 Å². The molecule has 7 aromatic rings. The van der Waals surface area contributed by atoms with Gasteiger partial charge in [0.05, 0.1) is 5.52 Å². The van der Waals surface area contributed by atoms with E-state index in [1.54, 1.807) is 0 Å². The molecule has 0 unspecified atom stereocenters. The van der Waals surface area contributed by atoms with Gasteiger partial charge in [-0.3, -0.25) is 0 Å². The zero-order valence-electron chi connectivity index (χ0n) is 12.5. The van der Waals surface area contributed by atoms with Crippen LogP contribution < -0.4 is 0 Å². The second-order valence-corrected chi connectivity index (χ2v) is 6.57. The fourth-order valence-electron chi connectivity index (χ4n) is 4.49. The van der Waals surface area contributed by atoms with Crippen LogP contribution in [-0.2, 0) is 0 Å². The van der Waals surface area contributed by atoms with Crippen LogP contribution >= 0.6 is 0 Å². The number of aromatic nitrogens is 3. The Bertz CT molecular complexity index is 1150. The van der Waals surface area contributed by atoms with Gasteiger partial charge in [-0.2, -0.15) is 0 Å². The lowest BCUT2D eigenvalue weighted by atomic mass is 9.86. The molecule has 24 heavy (non-hydrogen) atoms. The minimum Gasteiger partial charge on any atom is -0.234 e. The molecule has 0 aliphatic rings. The lowest BCUT2D eigenvalue weighted by Gasteiger charge is -2.18. The van der Waals surface area contributed by atoms with Crippen molar-refractivity contribution < 1.29 is 0 Å². The highest BCUT2D eigenvalue weighted by molar-refractivity contribution is 6.43.